The average Bonchev–Trinajstić information content (AvgIpc) is 2.74. The zero-order valence-electron chi connectivity index (χ0n) is 12.5. The highest BCUT2D eigenvalue weighted by molar-refractivity contribution is 5.78. The summed E-state index contributed by atoms with van der Waals surface area (Å²) in [5, 5.41) is 12.3. The molecule has 0 unspecified atom stereocenters. The van der Waals surface area contributed by atoms with Gasteiger partial charge in [0, 0.05) is 18.5 Å². The van der Waals surface area contributed by atoms with Crippen molar-refractivity contribution in [2.24, 2.45) is 22.6 Å². The first-order chi connectivity index (χ1) is 9.78. The predicted molar refractivity (Wildman–Crippen MR) is 82.2 cm³/mol. The zero-order chi connectivity index (χ0) is 14.2. The molecule has 112 valence electrons. The van der Waals surface area contributed by atoms with Crippen LogP contribution >= 0.6 is 0 Å². The van der Waals surface area contributed by atoms with E-state index in [4.69, 9.17) is 11.0 Å². The molecule has 0 aromatic rings. The van der Waals surface area contributed by atoms with E-state index in [-0.39, 0.29) is 5.92 Å². The highest BCUT2D eigenvalue weighted by atomic mass is 15.1. The lowest BCUT2D eigenvalue weighted by Crippen LogP contribution is -2.40. The quantitative estimate of drug-likeness (QED) is 0.473. The van der Waals surface area contributed by atoms with Crippen molar-refractivity contribution in [2.45, 2.75) is 70.3 Å². The van der Waals surface area contributed by atoms with Gasteiger partial charge in [0.05, 0.1) is 6.07 Å². The molecule has 0 heterocycles. The SMILES string of the molecule is N#CC1CCC(CN=C(N)NC2CCCCCC2)CC1. The normalized spacial score (nSPS) is 29.4. The van der Waals surface area contributed by atoms with Crippen LogP contribution in [0.25, 0.3) is 0 Å². The average molecular weight is 276 g/mol. The molecular weight excluding hydrogens is 248 g/mol. The summed E-state index contributed by atoms with van der Waals surface area (Å²) in [6.45, 7) is 0.823. The van der Waals surface area contributed by atoms with Crippen molar-refractivity contribution < 1.29 is 0 Å². The molecule has 2 aliphatic rings. The fraction of sp³-hybridized carbons (Fsp3) is 0.875. The second-order valence-electron chi connectivity index (χ2n) is 6.41. The lowest BCUT2D eigenvalue weighted by atomic mass is 9.83. The number of aliphatic imine (C=N–C) groups is 1. The van der Waals surface area contributed by atoms with Gasteiger partial charge in [-0.1, -0.05) is 25.7 Å². The lowest BCUT2D eigenvalue weighted by Gasteiger charge is -2.23. The van der Waals surface area contributed by atoms with Crippen molar-refractivity contribution in [3.8, 4) is 6.07 Å². The number of hydrogen-bond donors (Lipinski definition) is 2. The molecule has 3 N–H and O–H groups in total. The van der Waals surface area contributed by atoms with Gasteiger partial charge in [0.1, 0.15) is 0 Å². The molecule has 0 bridgehead atoms. The molecule has 0 spiro atoms. The first-order valence-electron chi connectivity index (χ1n) is 8.24. The Morgan fingerprint density at radius 3 is 2.30 bits per heavy atom. The van der Waals surface area contributed by atoms with E-state index < -0.39 is 0 Å². The van der Waals surface area contributed by atoms with Gasteiger partial charge < -0.3 is 11.1 Å². The van der Waals surface area contributed by atoms with Gasteiger partial charge in [-0.05, 0) is 44.4 Å². The van der Waals surface area contributed by atoms with Crippen molar-refractivity contribution in [3.05, 3.63) is 0 Å². The molecule has 0 atom stereocenters. The maximum atomic E-state index is 8.89. The van der Waals surface area contributed by atoms with Crippen molar-refractivity contribution in [1.82, 2.24) is 5.32 Å². The number of rotatable bonds is 3. The topological polar surface area (TPSA) is 74.2 Å². The number of nitrogens with zero attached hydrogens (tertiary/aromatic N) is 2. The third-order valence-electron chi connectivity index (χ3n) is 4.76. The van der Waals surface area contributed by atoms with E-state index in [0.29, 0.717) is 17.9 Å². The summed E-state index contributed by atoms with van der Waals surface area (Å²) < 4.78 is 0. The first kappa shape index (κ1) is 15.2. The largest absolute Gasteiger partial charge is 0.370 e. The molecule has 20 heavy (non-hydrogen) atoms. The molecule has 0 radical (unpaired) electrons. The fourth-order valence-corrected chi connectivity index (χ4v) is 3.38. The van der Waals surface area contributed by atoms with Gasteiger partial charge in [0.2, 0.25) is 0 Å². The highest BCUT2D eigenvalue weighted by Gasteiger charge is 2.20. The summed E-state index contributed by atoms with van der Waals surface area (Å²) in [6, 6.07) is 2.90. The minimum Gasteiger partial charge on any atom is -0.370 e. The summed E-state index contributed by atoms with van der Waals surface area (Å²) in [7, 11) is 0. The van der Waals surface area contributed by atoms with E-state index in [1.165, 1.54) is 38.5 Å². The minimum absolute atomic E-state index is 0.275. The van der Waals surface area contributed by atoms with Crippen LogP contribution in [0.2, 0.25) is 0 Å². The van der Waals surface area contributed by atoms with Crippen LogP contribution in [0.4, 0.5) is 0 Å². The minimum atomic E-state index is 0.275. The van der Waals surface area contributed by atoms with Gasteiger partial charge in [-0.25, -0.2) is 0 Å². The van der Waals surface area contributed by atoms with Crippen LogP contribution in [0.15, 0.2) is 4.99 Å². The maximum absolute atomic E-state index is 8.89. The second kappa shape index (κ2) is 8.14. The van der Waals surface area contributed by atoms with Crippen LogP contribution in [-0.4, -0.2) is 18.5 Å². The number of hydrogen-bond acceptors (Lipinski definition) is 2. The van der Waals surface area contributed by atoms with Gasteiger partial charge in [0.25, 0.3) is 0 Å². The Morgan fingerprint density at radius 2 is 1.70 bits per heavy atom. The van der Waals surface area contributed by atoms with E-state index in [9.17, 15) is 0 Å². The summed E-state index contributed by atoms with van der Waals surface area (Å²) in [5.41, 5.74) is 6.01. The molecule has 4 heteroatoms. The molecule has 0 aliphatic heterocycles. The number of nitriles is 1. The third kappa shape index (κ3) is 5.03. The Morgan fingerprint density at radius 1 is 1.05 bits per heavy atom. The van der Waals surface area contributed by atoms with Crippen LogP contribution in [0.1, 0.15) is 64.2 Å². The van der Waals surface area contributed by atoms with Crippen molar-refractivity contribution >= 4 is 5.96 Å². The molecular formula is C16H28N4. The molecule has 0 amide bonds. The van der Waals surface area contributed by atoms with Gasteiger partial charge in [-0.3, -0.25) is 4.99 Å². The number of nitrogens with two attached hydrogens (primary N) is 1. The Kier molecular flexibility index (Phi) is 6.17. The van der Waals surface area contributed by atoms with Crippen LogP contribution in [0.5, 0.6) is 0 Å². The number of guanidine groups is 1. The van der Waals surface area contributed by atoms with E-state index in [1.54, 1.807) is 0 Å². The van der Waals surface area contributed by atoms with Gasteiger partial charge >= 0.3 is 0 Å². The van der Waals surface area contributed by atoms with Crippen molar-refractivity contribution in [1.29, 1.82) is 5.26 Å². The molecule has 0 aromatic heterocycles. The second-order valence-corrected chi connectivity index (χ2v) is 6.41. The zero-order valence-corrected chi connectivity index (χ0v) is 12.5. The van der Waals surface area contributed by atoms with Gasteiger partial charge in [-0.15, -0.1) is 0 Å². The van der Waals surface area contributed by atoms with E-state index in [0.717, 1.165) is 32.2 Å². The molecule has 0 saturated heterocycles. The monoisotopic (exact) mass is 276 g/mol. The van der Waals surface area contributed by atoms with Gasteiger partial charge in [-0.2, -0.15) is 5.26 Å². The Hall–Kier alpha value is -1.24. The third-order valence-corrected chi connectivity index (χ3v) is 4.76. The standard InChI is InChI=1S/C16H28N4/c17-11-13-7-9-14(10-8-13)12-19-16(18)20-15-5-3-1-2-4-6-15/h13-15H,1-10,12H2,(H3,18,19,20). The van der Waals surface area contributed by atoms with Crippen LogP contribution < -0.4 is 11.1 Å². The maximum Gasteiger partial charge on any atom is 0.188 e. The Labute approximate surface area is 122 Å². The van der Waals surface area contributed by atoms with E-state index >= 15 is 0 Å². The fourth-order valence-electron chi connectivity index (χ4n) is 3.38. The highest BCUT2D eigenvalue weighted by Crippen LogP contribution is 2.28. The molecule has 2 saturated carbocycles. The molecule has 4 nitrogen and oxygen atoms in total. The molecule has 0 aromatic carbocycles. The smallest absolute Gasteiger partial charge is 0.188 e. The molecule has 2 aliphatic carbocycles. The Balaban J connectivity index is 1.69. The molecule has 2 fully saturated rings. The van der Waals surface area contributed by atoms with Crippen molar-refractivity contribution in [2.75, 3.05) is 6.54 Å². The predicted octanol–water partition coefficient (Wildman–Crippen LogP) is 2.94. The van der Waals surface area contributed by atoms with Crippen LogP contribution in [0, 0.1) is 23.2 Å². The summed E-state index contributed by atoms with van der Waals surface area (Å²) >= 11 is 0. The summed E-state index contributed by atoms with van der Waals surface area (Å²) in [4.78, 5) is 4.52. The first-order valence-corrected chi connectivity index (χ1v) is 8.24. The van der Waals surface area contributed by atoms with Crippen LogP contribution in [-0.2, 0) is 0 Å². The van der Waals surface area contributed by atoms with Gasteiger partial charge in [0.15, 0.2) is 5.96 Å². The van der Waals surface area contributed by atoms with Crippen molar-refractivity contribution in [3.63, 3.8) is 0 Å². The Bertz CT molecular complexity index is 342. The van der Waals surface area contributed by atoms with E-state index in [1.807, 2.05) is 0 Å². The lowest BCUT2D eigenvalue weighted by molar-refractivity contribution is 0.321. The van der Waals surface area contributed by atoms with E-state index in [2.05, 4.69) is 16.4 Å². The number of nitrogens with one attached hydrogen (secondary N) is 1. The summed E-state index contributed by atoms with van der Waals surface area (Å²) in [5.74, 6) is 1.52. The molecule has 2 rings (SSSR count). The van der Waals surface area contributed by atoms with Crippen LogP contribution in [0.3, 0.4) is 0 Å². The summed E-state index contributed by atoms with van der Waals surface area (Å²) in [6.07, 6.45) is 12.1.